The summed E-state index contributed by atoms with van der Waals surface area (Å²) < 4.78 is 4.98. The van der Waals surface area contributed by atoms with Gasteiger partial charge in [0.1, 0.15) is 5.75 Å². The van der Waals surface area contributed by atoms with Crippen LogP contribution in [0.3, 0.4) is 0 Å². The average molecular weight is 271 g/mol. The largest absolute Gasteiger partial charge is 0.495 e. The van der Waals surface area contributed by atoms with E-state index in [-0.39, 0.29) is 12.2 Å². The van der Waals surface area contributed by atoms with E-state index in [1.165, 1.54) is 27.0 Å². The highest BCUT2D eigenvalue weighted by atomic mass is 35.5. The zero-order chi connectivity index (χ0) is 13.9. The van der Waals surface area contributed by atoms with Crippen molar-refractivity contribution in [3.05, 3.63) is 28.8 Å². The quantitative estimate of drug-likeness (QED) is 0.836. The number of carbonyl (C=O) groups is 2. The van der Waals surface area contributed by atoms with Gasteiger partial charge in [-0.15, -0.1) is 0 Å². The van der Waals surface area contributed by atoms with Gasteiger partial charge in [0.2, 0.25) is 0 Å². The highest BCUT2D eigenvalue weighted by molar-refractivity contribution is 6.32. The molecule has 1 N–H and O–H groups in total. The molecule has 0 aliphatic carbocycles. The van der Waals surface area contributed by atoms with E-state index < -0.39 is 11.4 Å². The van der Waals surface area contributed by atoms with E-state index >= 15 is 0 Å². The first-order valence-corrected chi connectivity index (χ1v) is 5.76. The number of halogens is 1. The summed E-state index contributed by atoms with van der Waals surface area (Å²) in [5, 5.41) is 9.31. The van der Waals surface area contributed by atoms with Gasteiger partial charge in [-0.1, -0.05) is 11.6 Å². The molecule has 5 heteroatoms. The van der Waals surface area contributed by atoms with Gasteiger partial charge in [-0.05, 0) is 32.0 Å². The Balaban J connectivity index is 2.92. The number of Topliss-reactive ketones (excluding diaryl/α,β-unsaturated/α-hetero) is 1. The molecule has 1 aromatic rings. The third-order valence-electron chi connectivity index (χ3n) is 2.66. The molecule has 0 fully saturated rings. The van der Waals surface area contributed by atoms with E-state index in [2.05, 4.69) is 0 Å². The molecule has 0 saturated carbocycles. The molecule has 0 bridgehead atoms. The van der Waals surface area contributed by atoms with Crippen LogP contribution in [0.4, 0.5) is 0 Å². The van der Waals surface area contributed by atoms with E-state index in [1.807, 2.05) is 0 Å². The van der Waals surface area contributed by atoms with Crippen LogP contribution < -0.4 is 4.74 Å². The van der Waals surface area contributed by atoms with Crippen LogP contribution in [-0.2, 0) is 4.79 Å². The molecule has 98 valence electrons. The molecule has 1 rings (SSSR count). The van der Waals surface area contributed by atoms with E-state index in [0.29, 0.717) is 16.3 Å². The Morgan fingerprint density at radius 1 is 1.39 bits per heavy atom. The Bertz CT molecular complexity index is 480. The molecule has 1 aromatic carbocycles. The first-order chi connectivity index (χ1) is 8.27. The Hall–Kier alpha value is -1.55. The third-order valence-corrected chi connectivity index (χ3v) is 2.95. The molecular formula is C13H15ClO4. The summed E-state index contributed by atoms with van der Waals surface area (Å²) in [6.45, 7) is 3.02. The van der Waals surface area contributed by atoms with E-state index in [4.69, 9.17) is 21.4 Å². The van der Waals surface area contributed by atoms with E-state index in [1.54, 1.807) is 12.1 Å². The molecule has 0 heterocycles. The first-order valence-electron chi connectivity index (χ1n) is 5.38. The van der Waals surface area contributed by atoms with E-state index in [0.717, 1.165) is 0 Å². The van der Waals surface area contributed by atoms with Gasteiger partial charge < -0.3 is 9.84 Å². The Labute approximate surface area is 111 Å². The molecule has 18 heavy (non-hydrogen) atoms. The lowest BCUT2D eigenvalue weighted by molar-refractivity contribution is -0.146. The highest BCUT2D eigenvalue weighted by Gasteiger charge is 2.30. The van der Waals surface area contributed by atoms with Crippen molar-refractivity contribution in [1.82, 2.24) is 0 Å². The number of methoxy groups -OCH3 is 1. The molecule has 0 unspecified atom stereocenters. The number of rotatable bonds is 5. The zero-order valence-corrected chi connectivity index (χ0v) is 11.2. The molecular weight excluding hydrogens is 256 g/mol. The van der Waals surface area contributed by atoms with Gasteiger partial charge in [0.05, 0.1) is 17.5 Å². The van der Waals surface area contributed by atoms with Crippen molar-refractivity contribution >= 4 is 23.4 Å². The normalized spacial score (nSPS) is 11.1. The van der Waals surface area contributed by atoms with Gasteiger partial charge in [-0.25, -0.2) is 0 Å². The molecule has 0 spiro atoms. The summed E-state index contributed by atoms with van der Waals surface area (Å²) in [5.41, 5.74) is -0.709. The lowest BCUT2D eigenvalue weighted by Crippen LogP contribution is -2.26. The second kappa shape index (κ2) is 5.40. The fourth-order valence-electron chi connectivity index (χ4n) is 1.42. The second-order valence-electron chi connectivity index (χ2n) is 4.64. The standard InChI is InChI=1S/C13H15ClO4/c1-13(2,12(16)17)7-10(15)8-4-5-11(18-3)9(14)6-8/h4-6H,7H2,1-3H3,(H,16,17). The molecule has 0 radical (unpaired) electrons. The van der Waals surface area contributed by atoms with Crippen LogP contribution in [-0.4, -0.2) is 24.0 Å². The number of ether oxygens (including phenoxy) is 1. The number of carbonyl (C=O) groups excluding carboxylic acids is 1. The Kier molecular flexibility index (Phi) is 4.35. The number of hydrogen-bond acceptors (Lipinski definition) is 3. The predicted octanol–water partition coefficient (Wildman–Crippen LogP) is 3.03. The van der Waals surface area contributed by atoms with Gasteiger partial charge in [-0.2, -0.15) is 0 Å². The SMILES string of the molecule is COc1ccc(C(=O)CC(C)(C)C(=O)O)cc1Cl. The lowest BCUT2D eigenvalue weighted by Gasteiger charge is -2.17. The van der Waals surface area contributed by atoms with Crippen LogP contribution in [0.2, 0.25) is 5.02 Å². The smallest absolute Gasteiger partial charge is 0.309 e. The summed E-state index contributed by atoms with van der Waals surface area (Å²) in [6.07, 6.45) is -0.0784. The molecule has 0 atom stereocenters. The van der Waals surface area contributed by atoms with Crippen LogP contribution >= 0.6 is 11.6 Å². The molecule has 4 nitrogen and oxygen atoms in total. The highest BCUT2D eigenvalue weighted by Crippen LogP contribution is 2.28. The van der Waals surface area contributed by atoms with Crippen LogP contribution in [0.25, 0.3) is 0 Å². The lowest BCUT2D eigenvalue weighted by atomic mass is 9.86. The molecule has 0 saturated heterocycles. The zero-order valence-electron chi connectivity index (χ0n) is 10.5. The maximum atomic E-state index is 12.0. The van der Waals surface area contributed by atoms with Crippen molar-refractivity contribution in [3.8, 4) is 5.75 Å². The van der Waals surface area contributed by atoms with Crippen molar-refractivity contribution in [2.75, 3.05) is 7.11 Å². The third kappa shape index (κ3) is 3.23. The van der Waals surface area contributed by atoms with Crippen LogP contribution in [0, 0.1) is 5.41 Å². The minimum Gasteiger partial charge on any atom is -0.495 e. The molecule has 0 aliphatic heterocycles. The summed E-state index contributed by atoms with van der Waals surface area (Å²) in [6, 6.07) is 4.65. The minimum atomic E-state index is -1.09. The van der Waals surface area contributed by atoms with Gasteiger partial charge in [0, 0.05) is 12.0 Å². The number of benzene rings is 1. The van der Waals surface area contributed by atoms with Crippen LogP contribution in [0.5, 0.6) is 5.75 Å². The number of ketones is 1. The Morgan fingerprint density at radius 3 is 2.44 bits per heavy atom. The first kappa shape index (κ1) is 14.5. The van der Waals surface area contributed by atoms with E-state index in [9.17, 15) is 9.59 Å². The van der Waals surface area contributed by atoms with Gasteiger partial charge in [-0.3, -0.25) is 9.59 Å². The monoisotopic (exact) mass is 270 g/mol. The molecule has 0 amide bonds. The summed E-state index contributed by atoms with van der Waals surface area (Å²) in [7, 11) is 1.48. The van der Waals surface area contributed by atoms with Crippen molar-refractivity contribution in [3.63, 3.8) is 0 Å². The maximum absolute atomic E-state index is 12.0. The van der Waals surface area contributed by atoms with Gasteiger partial charge >= 0.3 is 5.97 Å². The van der Waals surface area contributed by atoms with Gasteiger partial charge in [0.25, 0.3) is 0 Å². The Morgan fingerprint density at radius 2 is 2.00 bits per heavy atom. The fourth-order valence-corrected chi connectivity index (χ4v) is 1.68. The van der Waals surface area contributed by atoms with Crippen LogP contribution in [0.1, 0.15) is 30.6 Å². The molecule has 0 aromatic heterocycles. The van der Waals surface area contributed by atoms with Crippen molar-refractivity contribution < 1.29 is 19.4 Å². The minimum absolute atomic E-state index is 0.0784. The average Bonchev–Trinajstić information content (AvgIpc) is 2.28. The summed E-state index contributed by atoms with van der Waals surface area (Å²) in [4.78, 5) is 22.9. The maximum Gasteiger partial charge on any atom is 0.309 e. The number of hydrogen-bond donors (Lipinski definition) is 1. The second-order valence-corrected chi connectivity index (χ2v) is 5.05. The van der Waals surface area contributed by atoms with Crippen molar-refractivity contribution in [2.45, 2.75) is 20.3 Å². The van der Waals surface area contributed by atoms with Crippen LogP contribution in [0.15, 0.2) is 18.2 Å². The number of carboxylic acid groups (broad SMARTS) is 1. The summed E-state index contributed by atoms with van der Waals surface area (Å²) >= 11 is 5.91. The fraction of sp³-hybridized carbons (Fsp3) is 0.385. The number of carboxylic acids is 1. The topological polar surface area (TPSA) is 63.6 Å². The number of aliphatic carboxylic acids is 1. The predicted molar refractivity (Wildman–Crippen MR) is 68.4 cm³/mol. The van der Waals surface area contributed by atoms with Crippen molar-refractivity contribution in [2.24, 2.45) is 5.41 Å². The molecule has 0 aliphatic rings. The van der Waals surface area contributed by atoms with Gasteiger partial charge in [0.15, 0.2) is 5.78 Å². The summed E-state index contributed by atoms with van der Waals surface area (Å²) in [5.74, 6) is -0.784. The van der Waals surface area contributed by atoms with Crippen molar-refractivity contribution in [1.29, 1.82) is 0 Å².